The van der Waals surface area contributed by atoms with Gasteiger partial charge in [-0.1, -0.05) is 29.8 Å². The van der Waals surface area contributed by atoms with Crippen molar-refractivity contribution in [3.05, 3.63) is 59.7 Å². The lowest BCUT2D eigenvalue weighted by molar-refractivity contribution is 0.218. The summed E-state index contributed by atoms with van der Waals surface area (Å²) >= 11 is 0. The molecule has 4 nitrogen and oxygen atoms in total. The number of carbonyl (C=O) groups excluding carboxylic acids is 1. The number of amides is 2. The molecule has 2 aromatic carbocycles. The van der Waals surface area contributed by atoms with Crippen LogP contribution in [-0.4, -0.2) is 30.6 Å². The summed E-state index contributed by atoms with van der Waals surface area (Å²) in [6.45, 7) is 6.40. The van der Waals surface area contributed by atoms with E-state index in [1.54, 1.807) is 0 Å². The summed E-state index contributed by atoms with van der Waals surface area (Å²) in [4.78, 5) is 14.3. The standard InChI is InChI=1S/C21H26N2O2/c1-16-6-8-20(9-7-16)25-13-11-18-10-12-23(15-18)21(24)22-19-5-3-4-17(2)14-19/h3-9,14,18H,10-13,15H2,1-2H3,(H,22,24). The van der Waals surface area contributed by atoms with Gasteiger partial charge in [0.25, 0.3) is 0 Å². The molecule has 132 valence electrons. The number of aryl methyl sites for hydroxylation is 2. The first kappa shape index (κ1) is 17.3. The monoisotopic (exact) mass is 338 g/mol. The Hall–Kier alpha value is -2.49. The number of nitrogens with zero attached hydrogens (tertiary/aromatic N) is 1. The van der Waals surface area contributed by atoms with Gasteiger partial charge in [-0.05, 0) is 62.4 Å². The van der Waals surface area contributed by atoms with Crippen LogP contribution in [0.15, 0.2) is 48.5 Å². The smallest absolute Gasteiger partial charge is 0.321 e. The van der Waals surface area contributed by atoms with Crippen molar-refractivity contribution in [3.8, 4) is 5.75 Å². The summed E-state index contributed by atoms with van der Waals surface area (Å²) < 4.78 is 5.81. The summed E-state index contributed by atoms with van der Waals surface area (Å²) in [7, 11) is 0. The highest BCUT2D eigenvalue weighted by atomic mass is 16.5. The van der Waals surface area contributed by atoms with Gasteiger partial charge in [0.2, 0.25) is 0 Å². The summed E-state index contributed by atoms with van der Waals surface area (Å²) in [6, 6.07) is 16.0. The molecule has 2 amide bonds. The second-order valence-corrected chi connectivity index (χ2v) is 6.85. The average Bonchev–Trinajstić information content (AvgIpc) is 3.06. The molecule has 1 saturated heterocycles. The Labute approximate surface area is 149 Å². The van der Waals surface area contributed by atoms with Gasteiger partial charge >= 0.3 is 6.03 Å². The van der Waals surface area contributed by atoms with E-state index in [2.05, 4.69) is 24.4 Å². The SMILES string of the molecule is Cc1ccc(OCCC2CCN(C(=O)Nc3cccc(C)c3)C2)cc1. The minimum absolute atomic E-state index is 0.00690. The van der Waals surface area contributed by atoms with Gasteiger partial charge in [0, 0.05) is 18.8 Å². The Bertz CT molecular complexity index is 712. The quantitative estimate of drug-likeness (QED) is 0.864. The lowest BCUT2D eigenvalue weighted by Gasteiger charge is -2.18. The van der Waals surface area contributed by atoms with E-state index in [9.17, 15) is 4.79 Å². The van der Waals surface area contributed by atoms with Crippen molar-refractivity contribution in [2.24, 2.45) is 5.92 Å². The van der Waals surface area contributed by atoms with Gasteiger partial charge in [0.05, 0.1) is 6.61 Å². The van der Waals surface area contributed by atoms with Crippen LogP contribution in [0.25, 0.3) is 0 Å². The highest BCUT2D eigenvalue weighted by molar-refractivity contribution is 5.89. The molecule has 4 heteroatoms. The van der Waals surface area contributed by atoms with E-state index < -0.39 is 0 Å². The lowest BCUT2D eigenvalue weighted by atomic mass is 10.1. The van der Waals surface area contributed by atoms with Crippen molar-refractivity contribution in [2.75, 3.05) is 25.0 Å². The number of carbonyl (C=O) groups is 1. The first-order valence-corrected chi connectivity index (χ1v) is 8.92. The normalized spacial score (nSPS) is 16.7. The average molecular weight is 338 g/mol. The molecule has 1 aliphatic rings. The molecule has 0 aromatic heterocycles. The van der Waals surface area contributed by atoms with E-state index >= 15 is 0 Å². The molecular formula is C21H26N2O2. The first-order chi connectivity index (χ1) is 12.1. The molecule has 3 rings (SSSR count). The Balaban J connectivity index is 1.42. The number of hydrogen-bond donors (Lipinski definition) is 1. The minimum atomic E-state index is -0.00690. The molecule has 1 aliphatic heterocycles. The summed E-state index contributed by atoms with van der Waals surface area (Å²) in [5, 5.41) is 2.99. The summed E-state index contributed by atoms with van der Waals surface area (Å²) in [5.74, 6) is 1.42. The van der Waals surface area contributed by atoms with Crippen molar-refractivity contribution in [3.63, 3.8) is 0 Å². The number of benzene rings is 2. The third-order valence-electron chi connectivity index (χ3n) is 4.66. The number of likely N-dealkylation sites (tertiary alicyclic amines) is 1. The lowest BCUT2D eigenvalue weighted by Crippen LogP contribution is -2.33. The molecule has 0 aliphatic carbocycles. The maximum Gasteiger partial charge on any atom is 0.321 e. The van der Waals surface area contributed by atoms with Crippen LogP contribution in [0.5, 0.6) is 5.75 Å². The zero-order valence-electron chi connectivity index (χ0n) is 15.0. The molecule has 0 saturated carbocycles. The summed E-state index contributed by atoms with van der Waals surface area (Å²) in [6.07, 6.45) is 2.01. The second kappa shape index (κ2) is 8.06. The molecule has 1 atom stereocenters. The highest BCUT2D eigenvalue weighted by Crippen LogP contribution is 2.22. The van der Waals surface area contributed by atoms with Gasteiger partial charge < -0.3 is 15.0 Å². The predicted octanol–water partition coefficient (Wildman–Crippen LogP) is 4.63. The van der Waals surface area contributed by atoms with Crippen LogP contribution in [0.3, 0.4) is 0 Å². The Morgan fingerprint density at radius 2 is 1.96 bits per heavy atom. The topological polar surface area (TPSA) is 41.6 Å². The van der Waals surface area contributed by atoms with Gasteiger partial charge in [0.15, 0.2) is 0 Å². The molecule has 25 heavy (non-hydrogen) atoms. The molecular weight excluding hydrogens is 312 g/mol. The molecule has 1 heterocycles. The van der Waals surface area contributed by atoms with Crippen LogP contribution in [0.2, 0.25) is 0 Å². The number of urea groups is 1. The maximum atomic E-state index is 12.4. The van der Waals surface area contributed by atoms with E-state index in [1.165, 1.54) is 5.56 Å². The van der Waals surface area contributed by atoms with Crippen LogP contribution >= 0.6 is 0 Å². The molecule has 0 spiro atoms. The fourth-order valence-corrected chi connectivity index (χ4v) is 3.16. The fraction of sp³-hybridized carbons (Fsp3) is 0.381. The molecule has 0 radical (unpaired) electrons. The zero-order chi connectivity index (χ0) is 17.6. The van der Waals surface area contributed by atoms with Crippen LogP contribution < -0.4 is 10.1 Å². The third-order valence-corrected chi connectivity index (χ3v) is 4.66. The summed E-state index contributed by atoms with van der Waals surface area (Å²) in [5.41, 5.74) is 3.24. The molecule has 1 fully saturated rings. The minimum Gasteiger partial charge on any atom is -0.494 e. The Kier molecular flexibility index (Phi) is 5.59. The van der Waals surface area contributed by atoms with Gasteiger partial charge in [-0.3, -0.25) is 0 Å². The fourth-order valence-electron chi connectivity index (χ4n) is 3.16. The van der Waals surface area contributed by atoms with Gasteiger partial charge in [-0.2, -0.15) is 0 Å². The van der Waals surface area contributed by atoms with Crippen molar-refractivity contribution >= 4 is 11.7 Å². The Morgan fingerprint density at radius 1 is 1.16 bits per heavy atom. The molecule has 1 N–H and O–H groups in total. The number of hydrogen-bond acceptors (Lipinski definition) is 2. The highest BCUT2D eigenvalue weighted by Gasteiger charge is 2.26. The van der Waals surface area contributed by atoms with E-state index in [1.807, 2.05) is 48.2 Å². The molecule has 2 aromatic rings. The number of rotatable bonds is 5. The zero-order valence-corrected chi connectivity index (χ0v) is 15.0. The van der Waals surface area contributed by atoms with Gasteiger partial charge in [-0.15, -0.1) is 0 Å². The molecule has 0 bridgehead atoms. The van der Waals surface area contributed by atoms with Crippen molar-refractivity contribution in [1.29, 1.82) is 0 Å². The molecule has 1 unspecified atom stereocenters. The predicted molar refractivity (Wildman–Crippen MR) is 101 cm³/mol. The third kappa shape index (κ3) is 4.99. The number of ether oxygens (including phenoxy) is 1. The van der Waals surface area contributed by atoms with E-state index in [0.717, 1.165) is 42.9 Å². The van der Waals surface area contributed by atoms with Crippen LogP contribution in [0.1, 0.15) is 24.0 Å². The number of nitrogens with one attached hydrogen (secondary N) is 1. The Morgan fingerprint density at radius 3 is 2.72 bits per heavy atom. The second-order valence-electron chi connectivity index (χ2n) is 6.85. The first-order valence-electron chi connectivity index (χ1n) is 8.92. The maximum absolute atomic E-state index is 12.4. The van der Waals surface area contributed by atoms with E-state index in [0.29, 0.717) is 12.5 Å². The van der Waals surface area contributed by atoms with Crippen LogP contribution in [0.4, 0.5) is 10.5 Å². The largest absolute Gasteiger partial charge is 0.494 e. The van der Waals surface area contributed by atoms with Crippen molar-refractivity contribution in [2.45, 2.75) is 26.7 Å². The van der Waals surface area contributed by atoms with Crippen LogP contribution in [-0.2, 0) is 0 Å². The van der Waals surface area contributed by atoms with Gasteiger partial charge in [0.1, 0.15) is 5.75 Å². The van der Waals surface area contributed by atoms with Crippen molar-refractivity contribution in [1.82, 2.24) is 4.90 Å². The van der Waals surface area contributed by atoms with Crippen molar-refractivity contribution < 1.29 is 9.53 Å². The van der Waals surface area contributed by atoms with Crippen LogP contribution in [0, 0.1) is 19.8 Å². The number of anilines is 1. The van der Waals surface area contributed by atoms with E-state index in [-0.39, 0.29) is 6.03 Å². The van der Waals surface area contributed by atoms with Gasteiger partial charge in [-0.25, -0.2) is 4.79 Å². The van der Waals surface area contributed by atoms with E-state index in [4.69, 9.17) is 4.74 Å².